The Balaban J connectivity index is 1.44. The number of hydrazone groups is 1. The number of rotatable bonds is 6. The summed E-state index contributed by atoms with van der Waals surface area (Å²) in [4.78, 5) is 13.2. The molecule has 144 valence electrons. The predicted octanol–water partition coefficient (Wildman–Crippen LogP) is 6.28. The molecule has 29 heavy (non-hydrogen) atoms. The monoisotopic (exact) mass is 418 g/mol. The zero-order chi connectivity index (χ0) is 20.1. The molecule has 0 unspecified atom stereocenters. The van der Waals surface area contributed by atoms with Gasteiger partial charge >= 0.3 is 0 Å². The summed E-state index contributed by atoms with van der Waals surface area (Å²) in [5.41, 5.74) is 3.66. The molecular formula is C24H19ClN2OS. The van der Waals surface area contributed by atoms with Crippen molar-refractivity contribution in [1.29, 1.82) is 0 Å². The van der Waals surface area contributed by atoms with Crippen molar-refractivity contribution in [2.75, 3.05) is 5.75 Å². The van der Waals surface area contributed by atoms with Gasteiger partial charge in [-0.25, -0.2) is 5.43 Å². The number of thioether (sulfide) groups is 1. The van der Waals surface area contributed by atoms with Crippen LogP contribution in [0.2, 0.25) is 5.02 Å². The van der Waals surface area contributed by atoms with E-state index in [-0.39, 0.29) is 5.91 Å². The maximum absolute atomic E-state index is 12.1. The number of nitrogens with zero attached hydrogens (tertiary/aromatic N) is 1. The molecule has 0 radical (unpaired) electrons. The zero-order valence-corrected chi connectivity index (χ0v) is 17.2. The third-order valence-electron chi connectivity index (χ3n) is 4.61. The van der Waals surface area contributed by atoms with Crippen molar-refractivity contribution in [3.05, 3.63) is 89.4 Å². The molecule has 5 heteroatoms. The molecule has 1 N–H and O–H groups in total. The van der Waals surface area contributed by atoms with Crippen molar-refractivity contribution >= 4 is 57.0 Å². The van der Waals surface area contributed by atoms with Gasteiger partial charge in [-0.1, -0.05) is 60.1 Å². The predicted molar refractivity (Wildman–Crippen MR) is 124 cm³/mol. The lowest BCUT2D eigenvalue weighted by atomic mass is 9.97. The highest BCUT2D eigenvalue weighted by molar-refractivity contribution is 7.99. The van der Waals surface area contributed by atoms with Crippen LogP contribution in [0.4, 0.5) is 0 Å². The van der Waals surface area contributed by atoms with E-state index in [1.54, 1.807) is 18.0 Å². The van der Waals surface area contributed by atoms with Crippen LogP contribution in [0.5, 0.6) is 0 Å². The van der Waals surface area contributed by atoms with E-state index in [9.17, 15) is 4.79 Å². The largest absolute Gasteiger partial charge is 0.273 e. The van der Waals surface area contributed by atoms with Crippen LogP contribution in [0.25, 0.3) is 21.5 Å². The van der Waals surface area contributed by atoms with Gasteiger partial charge in [-0.3, -0.25) is 4.79 Å². The van der Waals surface area contributed by atoms with Crippen LogP contribution in [0.15, 0.2) is 88.9 Å². The van der Waals surface area contributed by atoms with Gasteiger partial charge < -0.3 is 0 Å². The smallest absolute Gasteiger partial charge is 0.240 e. The molecule has 4 rings (SSSR count). The second-order valence-electron chi connectivity index (χ2n) is 6.58. The van der Waals surface area contributed by atoms with E-state index in [1.165, 1.54) is 0 Å². The third kappa shape index (κ3) is 4.78. The van der Waals surface area contributed by atoms with Gasteiger partial charge in [-0.15, -0.1) is 11.8 Å². The Bertz CT molecular complexity index is 1130. The van der Waals surface area contributed by atoms with E-state index < -0.39 is 0 Å². The molecule has 4 aromatic rings. The van der Waals surface area contributed by atoms with E-state index in [1.807, 2.05) is 48.5 Å². The molecule has 0 aliphatic carbocycles. The summed E-state index contributed by atoms with van der Waals surface area (Å²) in [5.74, 6) is 0.576. The highest BCUT2D eigenvalue weighted by atomic mass is 35.5. The van der Waals surface area contributed by atoms with Crippen LogP contribution in [0.1, 0.15) is 12.0 Å². The summed E-state index contributed by atoms with van der Waals surface area (Å²) in [6.07, 6.45) is 2.13. The zero-order valence-electron chi connectivity index (χ0n) is 15.6. The lowest BCUT2D eigenvalue weighted by Crippen LogP contribution is -2.17. The van der Waals surface area contributed by atoms with Crippen molar-refractivity contribution in [2.24, 2.45) is 5.10 Å². The van der Waals surface area contributed by atoms with Gasteiger partial charge in [-0.2, -0.15) is 5.10 Å². The van der Waals surface area contributed by atoms with Crippen LogP contribution in [-0.2, 0) is 4.79 Å². The number of carbonyl (C=O) groups excluding carboxylic acids is 1. The number of amides is 1. The molecule has 0 aliphatic rings. The van der Waals surface area contributed by atoms with Crippen molar-refractivity contribution in [3.8, 4) is 0 Å². The summed E-state index contributed by atoms with van der Waals surface area (Å²) < 4.78 is 0. The minimum Gasteiger partial charge on any atom is -0.273 e. The van der Waals surface area contributed by atoms with Crippen molar-refractivity contribution in [3.63, 3.8) is 0 Å². The second-order valence-corrected chi connectivity index (χ2v) is 8.18. The Hall–Kier alpha value is -2.82. The van der Waals surface area contributed by atoms with Crippen molar-refractivity contribution < 1.29 is 4.79 Å². The van der Waals surface area contributed by atoms with E-state index in [4.69, 9.17) is 11.6 Å². The normalized spacial score (nSPS) is 11.3. The quantitative estimate of drug-likeness (QED) is 0.173. The fourth-order valence-corrected chi connectivity index (χ4v) is 4.18. The maximum atomic E-state index is 12.1. The highest BCUT2D eigenvalue weighted by Crippen LogP contribution is 2.27. The summed E-state index contributed by atoms with van der Waals surface area (Å²) in [5, 5.41) is 9.47. The fourth-order valence-electron chi connectivity index (χ4n) is 3.21. The minimum atomic E-state index is -0.104. The van der Waals surface area contributed by atoms with Gasteiger partial charge in [0.2, 0.25) is 5.91 Å². The summed E-state index contributed by atoms with van der Waals surface area (Å²) >= 11 is 7.51. The number of hydrogen-bond acceptors (Lipinski definition) is 3. The van der Waals surface area contributed by atoms with Gasteiger partial charge in [0.25, 0.3) is 0 Å². The number of hydrogen-bond donors (Lipinski definition) is 1. The van der Waals surface area contributed by atoms with Gasteiger partial charge in [-0.05, 0) is 51.9 Å². The van der Waals surface area contributed by atoms with Crippen LogP contribution >= 0.6 is 23.4 Å². The molecule has 0 spiro atoms. The Morgan fingerprint density at radius 3 is 2.21 bits per heavy atom. The molecule has 0 saturated carbocycles. The van der Waals surface area contributed by atoms with E-state index in [2.05, 4.69) is 40.9 Å². The average molecular weight is 419 g/mol. The highest BCUT2D eigenvalue weighted by Gasteiger charge is 2.06. The Kier molecular flexibility index (Phi) is 6.13. The Labute approximate surface area is 178 Å². The first kappa shape index (κ1) is 19.5. The Morgan fingerprint density at radius 2 is 1.55 bits per heavy atom. The molecular weight excluding hydrogens is 400 g/mol. The van der Waals surface area contributed by atoms with Gasteiger partial charge in [0, 0.05) is 27.7 Å². The Morgan fingerprint density at radius 1 is 0.931 bits per heavy atom. The van der Waals surface area contributed by atoms with E-state index in [0.717, 1.165) is 32.0 Å². The first-order valence-electron chi connectivity index (χ1n) is 9.31. The molecule has 0 aromatic heterocycles. The molecule has 0 atom stereocenters. The van der Waals surface area contributed by atoms with Crippen LogP contribution in [0, 0.1) is 0 Å². The summed E-state index contributed by atoms with van der Waals surface area (Å²) in [7, 11) is 0. The van der Waals surface area contributed by atoms with Gasteiger partial charge in [0.1, 0.15) is 0 Å². The SMILES string of the molecule is O=C(CCSc1ccc(Cl)cc1)N/N=C/c1c2ccccc2cc2ccccc12. The lowest BCUT2D eigenvalue weighted by molar-refractivity contribution is -0.120. The fraction of sp³-hybridized carbons (Fsp3) is 0.0833. The van der Waals surface area contributed by atoms with Crippen molar-refractivity contribution in [2.45, 2.75) is 11.3 Å². The topological polar surface area (TPSA) is 41.5 Å². The van der Waals surface area contributed by atoms with Crippen LogP contribution in [0.3, 0.4) is 0 Å². The standard InChI is InChI=1S/C24H19ClN2OS/c25-19-9-11-20(12-10-19)29-14-13-24(28)27-26-16-23-21-7-3-1-5-17(21)15-18-6-2-4-8-22(18)23/h1-12,15-16H,13-14H2,(H,27,28)/b26-16+. The van der Waals surface area contributed by atoms with Crippen LogP contribution < -0.4 is 5.43 Å². The second kappa shape index (κ2) is 9.12. The van der Waals surface area contributed by atoms with E-state index >= 15 is 0 Å². The number of benzene rings is 4. The third-order valence-corrected chi connectivity index (χ3v) is 5.87. The van der Waals surface area contributed by atoms with Gasteiger partial charge in [0.05, 0.1) is 6.21 Å². The first-order valence-corrected chi connectivity index (χ1v) is 10.7. The maximum Gasteiger partial charge on any atom is 0.240 e. The lowest BCUT2D eigenvalue weighted by Gasteiger charge is -2.08. The van der Waals surface area contributed by atoms with Gasteiger partial charge in [0.15, 0.2) is 0 Å². The minimum absolute atomic E-state index is 0.104. The molecule has 0 fully saturated rings. The summed E-state index contributed by atoms with van der Waals surface area (Å²) in [6, 6.07) is 26.2. The molecule has 1 amide bonds. The first-order chi connectivity index (χ1) is 14.2. The molecule has 0 aliphatic heterocycles. The number of nitrogens with one attached hydrogen (secondary N) is 1. The molecule has 0 heterocycles. The molecule has 0 bridgehead atoms. The molecule has 3 nitrogen and oxygen atoms in total. The average Bonchev–Trinajstić information content (AvgIpc) is 2.74. The number of carbonyl (C=O) groups is 1. The van der Waals surface area contributed by atoms with Crippen LogP contribution in [-0.4, -0.2) is 17.9 Å². The number of halogens is 1. The van der Waals surface area contributed by atoms with E-state index in [0.29, 0.717) is 17.2 Å². The molecule has 0 saturated heterocycles. The molecule has 4 aromatic carbocycles. The summed E-state index contributed by atoms with van der Waals surface area (Å²) in [6.45, 7) is 0. The number of fused-ring (bicyclic) bond motifs is 2. The van der Waals surface area contributed by atoms with Crippen molar-refractivity contribution in [1.82, 2.24) is 5.43 Å².